The van der Waals surface area contributed by atoms with E-state index in [0.29, 0.717) is 12.1 Å². The second kappa shape index (κ2) is 6.30. The zero-order chi connectivity index (χ0) is 18.3. The van der Waals surface area contributed by atoms with Gasteiger partial charge >= 0.3 is 0 Å². The minimum atomic E-state index is 0.0466. The summed E-state index contributed by atoms with van der Waals surface area (Å²) in [5, 5.41) is 0. The van der Waals surface area contributed by atoms with E-state index in [1.807, 2.05) is 37.3 Å². The number of carbonyl (C=O) groups excluding carboxylic acids is 1. The first-order valence-electron chi connectivity index (χ1n) is 8.65. The molecular formula is C22H20N2O2. The van der Waals surface area contributed by atoms with Gasteiger partial charge in [0.05, 0.1) is 11.0 Å². The molecule has 4 aromatic rings. The van der Waals surface area contributed by atoms with Crippen LogP contribution in [0.15, 0.2) is 59.0 Å². The van der Waals surface area contributed by atoms with Crippen molar-refractivity contribution >= 4 is 16.8 Å². The number of Topliss-reactive ketones (excluding diaryl/α,β-unsaturated/α-hetero) is 1. The molecule has 4 nitrogen and oxygen atoms in total. The fourth-order valence-electron chi connectivity index (χ4n) is 3.12. The van der Waals surface area contributed by atoms with Crippen LogP contribution in [0.1, 0.15) is 34.2 Å². The number of benzene rings is 2. The van der Waals surface area contributed by atoms with Crippen LogP contribution in [-0.4, -0.2) is 15.3 Å². The Morgan fingerprint density at radius 1 is 1.04 bits per heavy atom. The maximum Gasteiger partial charge on any atom is 0.177 e. The predicted octanol–water partition coefficient (Wildman–Crippen LogP) is 5.16. The van der Waals surface area contributed by atoms with Crippen molar-refractivity contribution in [3.8, 4) is 11.6 Å². The van der Waals surface area contributed by atoms with Crippen LogP contribution in [-0.2, 0) is 6.54 Å². The number of fused-ring (bicyclic) bond motifs is 1. The molecule has 0 aliphatic carbocycles. The van der Waals surface area contributed by atoms with Crippen LogP contribution >= 0.6 is 0 Å². The molecule has 2 heterocycles. The Morgan fingerprint density at radius 3 is 2.46 bits per heavy atom. The van der Waals surface area contributed by atoms with Crippen molar-refractivity contribution in [1.82, 2.24) is 9.55 Å². The van der Waals surface area contributed by atoms with Gasteiger partial charge in [0.25, 0.3) is 0 Å². The Labute approximate surface area is 152 Å². The van der Waals surface area contributed by atoms with Gasteiger partial charge in [-0.25, -0.2) is 4.98 Å². The molecule has 0 aliphatic heterocycles. The zero-order valence-corrected chi connectivity index (χ0v) is 15.1. The summed E-state index contributed by atoms with van der Waals surface area (Å²) >= 11 is 0. The molecule has 0 amide bonds. The van der Waals surface area contributed by atoms with E-state index in [4.69, 9.17) is 9.40 Å². The first kappa shape index (κ1) is 16.3. The maximum absolute atomic E-state index is 11.8. The number of hydrogen-bond acceptors (Lipinski definition) is 3. The normalized spacial score (nSPS) is 11.2. The van der Waals surface area contributed by atoms with Gasteiger partial charge in [-0.15, -0.1) is 0 Å². The van der Waals surface area contributed by atoms with Crippen LogP contribution in [0.2, 0.25) is 0 Å². The third kappa shape index (κ3) is 2.94. The van der Waals surface area contributed by atoms with Crippen LogP contribution < -0.4 is 0 Å². The molecule has 0 saturated carbocycles. The predicted molar refractivity (Wildman–Crippen MR) is 102 cm³/mol. The SMILES string of the molecule is CC(=O)c1ccc2nc(-c3ccc(C)o3)n(Cc3ccc(C)cc3)c2c1. The molecule has 0 radical (unpaired) electrons. The monoisotopic (exact) mass is 344 g/mol. The minimum Gasteiger partial charge on any atom is -0.458 e. The van der Waals surface area contributed by atoms with Gasteiger partial charge in [0, 0.05) is 12.1 Å². The summed E-state index contributed by atoms with van der Waals surface area (Å²) in [5.74, 6) is 2.40. The number of rotatable bonds is 4. The molecular weight excluding hydrogens is 324 g/mol. The molecule has 2 aromatic carbocycles. The lowest BCUT2D eigenvalue weighted by Crippen LogP contribution is -2.02. The molecule has 0 atom stereocenters. The largest absolute Gasteiger partial charge is 0.458 e. The van der Waals surface area contributed by atoms with Gasteiger partial charge in [-0.2, -0.15) is 0 Å². The number of carbonyl (C=O) groups is 1. The van der Waals surface area contributed by atoms with Gasteiger partial charge < -0.3 is 8.98 Å². The van der Waals surface area contributed by atoms with Gasteiger partial charge in [-0.3, -0.25) is 4.79 Å². The zero-order valence-electron chi connectivity index (χ0n) is 15.1. The number of imidazole rings is 1. The summed E-state index contributed by atoms with van der Waals surface area (Å²) in [6.45, 7) is 6.24. The first-order valence-corrected chi connectivity index (χ1v) is 8.65. The Hall–Kier alpha value is -3.14. The van der Waals surface area contributed by atoms with E-state index < -0.39 is 0 Å². The highest BCUT2D eigenvalue weighted by Crippen LogP contribution is 2.28. The second-order valence-electron chi connectivity index (χ2n) is 6.68. The number of hydrogen-bond donors (Lipinski definition) is 0. The minimum absolute atomic E-state index is 0.0466. The molecule has 2 aromatic heterocycles. The summed E-state index contributed by atoms with van der Waals surface area (Å²) in [6.07, 6.45) is 0. The first-order chi connectivity index (χ1) is 12.5. The molecule has 0 aliphatic rings. The van der Waals surface area contributed by atoms with Gasteiger partial charge in [0.15, 0.2) is 17.4 Å². The number of aromatic nitrogens is 2. The van der Waals surface area contributed by atoms with E-state index in [1.165, 1.54) is 11.1 Å². The topological polar surface area (TPSA) is 48.0 Å². The average Bonchev–Trinajstić information content (AvgIpc) is 3.20. The smallest absolute Gasteiger partial charge is 0.177 e. The Bertz CT molecular complexity index is 1100. The van der Waals surface area contributed by atoms with Crippen molar-refractivity contribution < 1.29 is 9.21 Å². The second-order valence-corrected chi connectivity index (χ2v) is 6.68. The Kier molecular flexibility index (Phi) is 3.96. The highest BCUT2D eigenvalue weighted by molar-refractivity contribution is 5.97. The fourth-order valence-corrected chi connectivity index (χ4v) is 3.12. The van der Waals surface area contributed by atoms with Gasteiger partial charge in [-0.05, 0) is 56.7 Å². The molecule has 0 saturated heterocycles. The number of nitrogens with zero attached hydrogens (tertiary/aromatic N) is 2. The molecule has 0 unspecified atom stereocenters. The van der Waals surface area contributed by atoms with Gasteiger partial charge in [-0.1, -0.05) is 29.8 Å². The van der Waals surface area contributed by atoms with Crippen LogP contribution in [0.3, 0.4) is 0 Å². The molecule has 0 fully saturated rings. The number of furan rings is 1. The van der Waals surface area contributed by atoms with E-state index in [9.17, 15) is 4.79 Å². The summed E-state index contributed by atoms with van der Waals surface area (Å²) in [4.78, 5) is 16.6. The van der Waals surface area contributed by atoms with E-state index in [2.05, 4.69) is 35.8 Å². The molecule has 26 heavy (non-hydrogen) atoms. The third-order valence-corrected chi connectivity index (χ3v) is 4.58. The van der Waals surface area contributed by atoms with Crippen molar-refractivity contribution in [2.45, 2.75) is 27.3 Å². The van der Waals surface area contributed by atoms with Crippen LogP contribution in [0.25, 0.3) is 22.6 Å². The number of ketones is 1. The summed E-state index contributed by atoms with van der Waals surface area (Å²) in [6, 6.07) is 18.0. The molecule has 0 N–H and O–H groups in total. The quantitative estimate of drug-likeness (QED) is 0.480. The van der Waals surface area contributed by atoms with E-state index in [-0.39, 0.29) is 5.78 Å². The third-order valence-electron chi connectivity index (χ3n) is 4.58. The lowest BCUT2D eigenvalue weighted by molar-refractivity contribution is 0.101. The van der Waals surface area contributed by atoms with Crippen molar-refractivity contribution in [2.24, 2.45) is 0 Å². The fraction of sp³-hybridized carbons (Fsp3) is 0.182. The maximum atomic E-state index is 11.8. The molecule has 130 valence electrons. The highest BCUT2D eigenvalue weighted by atomic mass is 16.3. The molecule has 0 bridgehead atoms. The lowest BCUT2D eigenvalue weighted by atomic mass is 10.1. The number of aryl methyl sites for hydroxylation is 2. The van der Waals surface area contributed by atoms with E-state index in [0.717, 1.165) is 28.4 Å². The van der Waals surface area contributed by atoms with Crippen molar-refractivity contribution in [2.75, 3.05) is 0 Å². The summed E-state index contributed by atoms with van der Waals surface area (Å²) in [7, 11) is 0. The summed E-state index contributed by atoms with van der Waals surface area (Å²) in [5.41, 5.74) is 4.87. The van der Waals surface area contributed by atoms with E-state index >= 15 is 0 Å². The van der Waals surface area contributed by atoms with Gasteiger partial charge in [0.1, 0.15) is 5.76 Å². The lowest BCUT2D eigenvalue weighted by Gasteiger charge is -2.09. The molecule has 0 spiro atoms. The highest BCUT2D eigenvalue weighted by Gasteiger charge is 2.17. The van der Waals surface area contributed by atoms with Crippen LogP contribution in [0, 0.1) is 13.8 Å². The molecule has 4 heteroatoms. The van der Waals surface area contributed by atoms with Crippen LogP contribution in [0.5, 0.6) is 0 Å². The van der Waals surface area contributed by atoms with Gasteiger partial charge in [0.2, 0.25) is 0 Å². The molecule has 4 rings (SSSR count). The Morgan fingerprint density at radius 2 is 1.81 bits per heavy atom. The summed E-state index contributed by atoms with van der Waals surface area (Å²) < 4.78 is 7.94. The average molecular weight is 344 g/mol. The van der Waals surface area contributed by atoms with E-state index in [1.54, 1.807) is 6.92 Å². The van der Waals surface area contributed by atoms with Crippen molar-refractivity contribution in [3.63, 3.8) is 0 Å². The van der Waals surface area contributed by atoms with Crippen LogP contribution in [0.4, 0.5) is 0 Å². The standard InChI is InChI=1S/C22H20N2O2/c1-14-4-7-17(8-5-14)13-24-20-12-18(16(3)25)9-10-19(20)23-22(24)21-11-6-15(2)26-21/h4-12H,13H2,1-3H3. The Balaban J connectivity index is 1.91. The van der Waals surface area contributed by atoms with Crippen molar-refractivity contribution in [3.05, 3.63) is 77.0 Å². The van der Waals surface area contributed by atoms with Crippen molar-refractivity contribution in [1.29, 1.82) is 0 Å².